The van der Waals surface area contributed by atoms with Crippen LogP contribution in [0, 0.1) is 10.1 Å². The molecule has 0 aliphatic carbocycles. The van der Waals surface area contributed by atoms with Crippen molar-refractivity contribution in [3.63, 3.8) is 0 Å². The first-order valence-electron chi connectivity index (χ1n) is 9.20. The molecule has 1 atom stereocenters. The molecule has 3 aromatic rings. The average Bonchev–Trinajstić information content (AvgIpc) is 2.74. The van der Waals surface area contributed by atoms with Crippen LogP contribution in [0.5, 0.6) is 0 Å². The lowest BCUT2D eigenvalue weighted by molar-refractivity contribution is -0.384. The first-order valence-corrected chi connectivity index (χ1v) is 10.9. The molecule has 0 aliphatic rings. The van der Waals surface area contributed by atoms with E-state index in [0.717, 1.165) is 0 Å². The molecular weight excluding hydrogens is 404 g/mol. The number of ketones is 1. The van der Waals surface area contributed by atoms with Crippen LogP contribution in [0.25, 0.3) is 0 Å². The number of nitrogens with one attached hydrogen (secondary N) is 1. The minimum Gasteiger partial charge on any atom is -0.292 e. The summed E-state index contributed by atoms with van der Waals surface area (Å²) in [6, 6.07) is 21.8. The number of rotatable bonds is 9. The third-order valence-electron chi connectivity index (χ3n) is 4.48. The van der Waals surface area contributed by atoms with E-state index >= 15 is 0 Å². The molecule has 0 spiro atoms. The Morgan fingerprint density at radius 3 is 2.00 bits per heavy atom. The maximum absolute atomic E-state index is 13.0. The quantitative estimate of drug-likeness (QED) is 0.321. The van der Waals surface area contributed by atoms with Crippen LogP contribution in [0.4, 0.5) is 5.69 Å². The second kappa shape index (κ2) is 9.43. The van der Waals surface area contributed by atoms with Crippen LogP contribution in [-0.2, 0) is 22.2 Å². The number of nitrogens with zero attached hydrogens (tertiary/aromatic N) is 1. The summed E-state index contributed by atoms with van der Waals surface area (Å²) >= 11 is 0. The van der Waals surface area contributed by atoms with E-state index in [9.17, 15) is 23.3 Å². The van der Waals surface area contributed by atoms with E-state index in [-0.39, 0.29) is 23.6 Å². The van der Waals surface area contributed by atoms with Crippen molar-refractivity contribution in [3.8, 4) is 0 Å². The summed E-state index contributed by atoms with van der Waals surface area (Å²) < 4.78 is 28.0. The molecule has 30 heavy (non-hydrogen) atoms. The third-order valence-corrected chi connectivity index (χ3v) is 5.84. The van der Waals surface area contributed by atoms with Gasteiger partial charge in [0.25, 0.3) is 5.69 Å². The minimum absolute atomic E-state index is 0.0692. The molecule has 0 bridgehead atoms. The molecule has 0 aromatic heterocycles. The number of benzene rings is 3. The number of sulfonamides is 1. The number of hydrogen-bond donors (Lipinski definition) is 1. The lowest BCUT2D eigenvalue weighted by Gasteiger charge is -2.18. The molecule has 3 aromatic carbocycles. The van der Waals surface area contributed by atoms with E-state index in [2.05, 4.69) is 4.72 Å². The van der Waals surface area contributed by atoms with Gasteiger partial charge in [-0.3, -0.25) is 14.9 Å². The molecule has 0 saturated carbocycles. The average molecular weight is 424 g/mol. The van der Waals surface area contributed by atoms with E-state index in [1.54, 1.807) is 60.7 Å². The van der Waals surface area contributed by atoms with Gasteiger partial charge in [-0.05, 0) is 17.5 Å². The van der Waals surface area contributed by atoms with Gasteiger partial charge >= 0.3 is 0 Å². The molecule has 154 valence electrons. The van der Waals surface area contributed by atoms with Crippen LogP contribution in [0.15, 0.2) is 84.9 Å². The van der Waals surface area contributed by atoms with Gasteiger partial charge in [0.05, 0.1) is 16.7 Å². The Morgan fingerprint density at radius 2 is 1.43 bits per heavy atom. The molecule has 0 fully saturated rings. The van der Waals surface area contributed by atoms with E-state index in [4.69, 9.17) is 0 Å². The van der Waals surface area contributed by atoms with Crippen LogP contribution >= 0.6 is 0 Å². The fraction of sp³-hybridized carbons (Fsp3) is 0.136. The van der Waals surface area contributed by atoms with Crippen LogP contribution in [-0.4, -0.2) is 25.2 Å². The second-order valence-corrected chi connectivity index (χ2v) is 8.53. The van der Waals surface area contributed by atoms with E-state index in [1.807, 2.05) is 0 Å². The largest absolute Gasteiger partial charge is 0.292 e. The monoisotopic (exact) mass is 424 g/mol. The molecule has 7 nitrogen and oxygen atoms in total. The smallest absolute Gasteiger partial charge is 0.269 e. The van der Waals surface area contributed by atoms with E-state index in [0.29, 0.717) is 16.7 Å². The van der Waals surface area contributed by atoms with Crippen molar-refractivity contribution < 1.29 is 18.1 Å². The van der Waals surface area contributed by atoms with Crippen LogP contribution in [0.3, 0.4) is 0 Å². The van der Waals surface area contributed by atoms with Crippen molar-refractivity contribution in [2.75, 3.05) is 0 Å². The van der Waals surface area contributed by atoms with Gasteiger partial charge in [0, 0.05) is 17.7 Å². The molecule has 0 unspecified atom stereocenters. The summed E-state index contributed by atoms with van der Waals surface area (Å²) in [5.41, 5.74) is 1.52. The fourth-order valence-corrected chi connectivity index (χ4v) is 4.37. The van der Waals surface area contributed by atoms with Crippen molar-refractivity contribution in [3.05, 3.63) is 112 Å². The highest BCUT2D eigenvalue weighted by Gasteiger charge is 2.26. The molecule has 0 heterocycles. The Balaban J connectivity index is 1.85. The van der Waals surface area contributed by atoms with E-state index in [1.165, 1.54) is 24.3 Å². The van der Waals surface area contributed by atoms with Crippen molar-refractivity contribution >= 4 is 21.5 Å². The van der Waals surface area contributed by atoms with Crippen molar-refractivity contribution in [1.82, 2.24) is 4.72 Å². The highest BCUT2D eigenvalue weighted by molar-refractivity contribution is 7.88. The van der Waals surface area contributed by atoms with Crippen molar-refractivity contribution in [1.29, 1.82) is 0 Å². The Morgan fingerprint density at radius 1 is 0.867 bits per heavy atom. The summed E-state index contributed by atoms with van der Waals surface area (Å²) in [7, 11) is -3.81. The van der Waals surface area contributed by atoms with Gasteiger partial charge in [0.1, 0.15) is 0 Å². The SMILES string of the molecule is O=C(c1ccccc1)[C@@H](Cc1ccc([N+](=O)[O-])cc1)NS(=O)(=O)Cc1ccccc1. The maximum atomic E-state index is 13.0. The Hall–Kier alpha value is -3.36. The lowest BCUT2D eigenvalue weighted by atomic mass is 9.98. The Kier molecular flexibility index (Phi) is 6.71. The summed E-state index contributed by atoms with van der Waals surface area (Å²) in [5.74, 6) is -0.627. The molecule has 0 saturated heterocycles. The van der Waals surface area contributed by atoms with Crippen LogP contribution in [0.1, 0.15) is 21.5 Å². The van der Waals surface area contributed by atoms with Crippen molar-refractivity contribution in [2.24, 2.45) is 0 Å². The number of nitro benzene ring substituents is 1. The molecular formula is C22H20N2O5S. The number of carbonyl (C=O) groups excluding carboxylic acids is 1. The van der Waals surface area contributed by atoms with Gasteiger partial charge in [-0.2, -0.15) is 0 Å². The standard InChI is InChI=1S/C22H20N2O5S/c25-22(19-9-5-2-6-10-19)21(15-17-11-13-20(14-12-17)24(26)27)23-30(28,29)16-18-7-3-1-4-8-18/h1-14,21,23H,15-16H2/t21-/m1/s1. The van der Waals surface area contributed by atoms with Gasteiger partial charge in [-0.25, -0.2) is 13.1 Å². The zero-order valence-electron chi connectivity index (χ0n) is 16.0. The zero-order chi connectivity index (χ0) is 21.6. The molecule has 8 heteroatoms. The molecule has 3 rings (SSSR count). The molecule has 1 N–H and O–H groups in total. The van der Waals surface area contributed by atoms with Crippen LogP contribution < -0.4 is 4.72 Å². The molecule has 0 radical (unpaired) electrons. The summed E-state index contributed by atoms with van der Waals surface area (Å²) in [6.45, 7) is 0. The van der Waals surface area contributed by atoms with E-state index < -0.39 is 21.0 Å². The minimum atomic E-state index is -3.81. The zero-order valence-corrected chi connectivity index (χ0v) is 16.8. The second-order valence-electron chi connectivity index (χ2n) is 6.77. The number of nitro groups is 1. The normalized spacial score (nSPS) is 12.3. The number of Topliss-reactive ketones (excluding diaryl/α,β-unsaturated/α-hetero) is 1. The first kappa shape index (κ1) is 21.4. The Labute approximate surface area is 174 Å². The summed E-state index contributed by atoms with van der Waals surface area (Å²) in [5, 5.41) is 10.8. The third kappa shape index (κ3) is 5.82. The van der Waals surface area contributed by atoms with Gasteiger partial charge in [0.2, 0.25) is 10.0 Å². The predicted molar refractivity (Wildman–Crippen MR) is 114 cm³/mol. The fourth-order valence-electron chi connectivity index (χ4n) is 3.03. The first-order chi connectivity index (χ1) is 14.3. The van der Waals surface area contributed by atoms with Crippen molar-refractivity contribution in [2.45, 2.75) is 18.2 Å². The summed E-state index contributed by atoms with van der Waals surface area (Å²) in [4.78, 5) is 23.4. The predicted octanol–water partition coefficient (Wildman–Crippen LogP) is 3.51. The molecule has 0 aliphatic heterocycles. The Bertz CT molecular complexity index is 1120. The van der Waals surface area contributed by atoms with Gasteiger partial charge < -0.3 is 0 Å². The number of hydrogen-bond acceptors (Lipinski definition) is 5. The summed E-state index contributed by atoms with van der Waals surface area (Å²) in [6.07, 6.45) is 0.0692. The maximum Gasteiger partial charge on any atom is 0.269 e. The van der Waals surface area contributed by atoms with Gasteiger partial charge in [0.15, 0.2) is 5.78 Å². The number of carbonyl (C=O) groups is 1. The van der Waals surface area contributed by atoms with Gasteiger partial charge in [-0.15, -0.1) is 0 Å². The number of non-ortho nitro benzene ring substituents is 1. The van der Waals surface area contributed by atoms with Crippen LogP contribution in [0.2, 0.25) is 0 Å². The topological polar surface area (TPSA) is 106 Å². The molecule has 0 amide bonds. The lowest BCUT2D eigenvalue weighted by Crippen LogP contribution is -2.42. The van der Waals surface area contributed by atoms with Gasteiger partial charge in [-0.1, -0.05) is 72.8 Å². The highest BCUT2D eigenvalue weighted by atomic mass is 32.2. The highest BCUT2D eigenvalue weighted by Crippen LogP contribution is 2.16.